The van der Waals surface area contributed by atoms with Crippen molar-refractivity contribution >= 4 is 11.6 Å². The third kappa shape index (κ3) is 4.32. The predicted molar refractivity (Wildman–Crippen MR) is 106 cm³/mol. The molecule has 3 aromatic rings. The summed E-state index contributed by atoms with van der Waals surface area (Å²) in [6, 6.07) is 22.8. The van der Waals surface area contributed by atoms with E-state index in [2.05, 4.69) is 12.1 Å². The summed E-state index contributed by atoms with van der Waals surface area (Å²) in [5.41, 5.74) is 11.2. The van der Waals surface area contributed by atoms with Gasteiger partial charge in [-0.25, -0.2) is 0 Å². The summed E-state index contributed by atoms with van der Waals surface area (Å²) in [5, 5.41) is 11.3. The summed E-state index contributed by atoms with van der Waals surface area (Å²) >= 11 is 5.91. The van der Waals surface area contributed by atoms with Crippen molar-refractivity contribution in [2.45, 2.75) is 18.8 Å². The molecule has 3 rings (SSSR count). The molecule has 0 heterocycles. The van der Waals surface area contributed by atoms with E-state index in [1.165, 1.54) is 0 Å². The van der Waals surface area contributed by atoms with Gasteiger partial charge in [0, 0.05) is 12.1 Å². The average Bonchev–Trinajstić information content (AvgIpc) is 2.68. The molecule has 0 unspecified atom stereocenters. The van der Waals surface area contributed by atoms with Gasteiger partial charge >= 0.3 is 0 Å². The molecule has 26 heavy (non-hydrogen) atoms. The van der Waals surface area contributed by atoms with E-state index in [1.807, 2.05) is 48.5 Å². The van der Waals surface area contributed by atoms with Crippen LogP contribution in [0.3, 0.4) is 0 Å². The predicted octanol–water partition coefficient (Wildman–Crippen LogP) is 4.89. The second-order valence-corrected chi connectivity index (χ2v) is 6.71. The van der Waals surface area contributed by atoms with Crippen LogP contribution in [0, 0.1) is 0 Å². The maximum absolute atomic E-state index is 10.6. The highest BCUT2D eigenvalue weighted by Crippen LogP contribution is 2.29. The minimum atomic E-state index is -0.787. The number of hydrogen-bond donors (Lipinski definition) is 2. The molecule has 0 amide bonds. The Morgan fingerprint density at radius 1 is 0.923 bits per heavy atom. The summed E-state index contributed by atoms with van der Waals surface area (Å²) in [6.07, 6.45) is -0.787. The Balaban J connectivity index is 1.78. The number of ether oxygens (including phenoxy) is 1. The zero-order valence-electron chi connectivity index (χ0n) is 14.6. The topological polar surface area (TPSA) is 55.5 Å². The molecule has 3 N–H and O–H groups in total. The van der Waals surface area contributed by atoms with Crippen LogP contribution < -0.4 is 5.73 Å². The Hall–Kier alpha value is -2.17. The van der Waals surface area contributed by atoms with Crippen molar-refractivity contribution in [3.05, 3.63) is 94.5 Å². The fourth-order valence-electron chi connectivity index (χ4n) is 2.95. The van der Waals surface area contributed by atoms with Gasteiger partial charge in [-0.3, -0.25) is 0 Å². The maximum atomic E-state index is 10.6. The summed E-state index contributed by atoms with van der Waals surface area (Å²) in [7, 11) is 1.69. The standard InChI is InChI=1S/C22H22ClNO2/c1-26-14-15-3-2-4-19(13-15)16-5-7-18(8-6-16)22(25)21(24)17-9-11-20(23)12-10-17/h2-13,21-22,25H,14,24H2,1H3/t21-,22+/m0/s1. The second-order valence-electron chi connectivity index (χ2n) is 6.28. The number of nitrogens with two attached hydrogens (primary N) is 1. The van der Waals surface area contributed by atoms with Crippen LogP contribution in [-0.2, 0) is 11.3 Å². The first kappa shape index (κ1) is 18.6. The monoisotopic (exact) mass is 367 g/mol. The molecule has 0 spiro atoms. The molecular formula is C22H22ClNO2. The number of aliphatic hydroxyl groups is 1. The average molecular weight is 368 g/mol. The molecule has 0 fully saturated rings. The highest BCUT2D eigenvalue weighted by Gasteiger charge is 2.18. The normalized spacial score (nSPS) is 13.4. The van der Waals surface area contributed by atoms with Gasteiger partial charge in [0.1, 0.15) is 0 Å². The smallest absolute Gasteiger partial charge is 0.0982 e. The van der Waals surface area contributed by atoms with Crippen molar-refractivity contribution in [1.82, 2.24) is 0 Å². The van der Waals surface area contributed by atoms with Crippen molar-refractivity contribution in [2.24, 2.45) is 5.73 Å². The first-order valence-electron chi connectivity index (χ1n) is 8.46. The van der Waals surface area contributed by atoms with Crippen LogP contribution in [-0.4, -0.2) is 12.2 Å². The number of halogens is 1. The third-order valence-electron chi connectivity index (χ3n) is 4.42. The summed E-state index contributed by atoms with van der Waals surface area (Å²) in [6.45, 7) is 0.584. The van der Waals surface area contributed by atoms with Gasteiger partial charge in [0.2, 0.25) is 0 Å². The molecule has 3 aromatic carbocycles. The van der Waals surface area contributed by atoms with Crippen LogP contribution >= 0.6 is 11.6 Å². The van der Waals surface area contributed by atoms with Crippen molar-refractivity contribution in [3.63, 3.8) is 0 Å². The molecule has 0 aliphatic heterocycles. The van der Waals surface area contributed by atoms with Gasteiger partial charge in [-0.15, -0.1) is 0 Å². The Kier molecular flexibility index (Phi) is 6.07. The van der Waals surface area contributed by atoms with E-state index in [4.69, 9.17) is 22.1 Å². The van der Waals surface area contributed by atoms with Crippen molar-refractivity contribution in [2.75, 3.05) is 7.11 Å². The molecule has 0 aliphatic rings. The minimum absolute atomic E-state index is 0.511. The van der Waals surface area contributed by atoms with E-state index in [0.717, 1.165) is 27.8 Å². The van der Waals surface area contributed by atoms with Gasteiger partial charge in [-0.1, -0.05) is 66.2 Å². The fraction of sp³-hybridized carbons (Fsp3) is 0.182. The third-order valence-corrected chi connectivity index (χ3v) is 4.67. The number of hydrogen-bond acceptors (Lipinski definition) is 3. The molecule has 2 atom stereocenters. The van der Waals surface area contributed by atoms with Crippen LogP contribution in [0.1, 0.15) is 28.8 Å². The zero-order valence-corrected chi connectivity index (χ0v) is 15.4. The molecule has 0 radical (unpaired) electrons. The Bertz CT molecular complexity index is 847. The highest BCUT2D eigenvalue weighted by molar-refractivity contribution is 6.30. The number of methoxy groups -OCH3 is 1. The minimum Gasteiger partial charge on any atom is -0.386 e. The van der Waals surface area contributed by atoms with E-state index >= 15 is 0 Å². The van der Waals surface area contributed by atoms with E-state index in [1.54, 1.807) is 19.2 Å². The molecule has 0 saturated heterocycles. The van der Waals surface area contributed by atoms with Gasteiger partial charge in [0.05, 0.1) is 18.8 Å². The maximum Gasteiger partial charge on any atom is 0.0982 e. The van der Waals surface area contributed by atoms with Gasteiger partial charge in [0.25, 0.3) is 0 Å². The number of rotatable bonds is 6. The molecule has 4 heteroatoms. The second kappa shape index (κ2) is 8.47. The molecule has 0 saturated carbocycles. The fourth-order valence-corrected chi connectivity index (χ4v) is 3.08. The van der Waals surface area contributed by atoms with Crippen LogP contribution in [0.2, 0.25) is 5.02 Å². The Morgan fingerprint density at radius 2 is 1.58 bits per heavy atom. The van der Waals surface area contributed by atoms with Crippen molar-refractivity contribution in [1.29, 1.82) is 0 Å². The van der Waals surface area contributed by atoms with Gasteiger partial charge in [0.15, 0.2) is 0 Å². The van der Waals surface area contributed by atoms with Crippen molar-refractivity contribution in [3.8, 4) is 11.1 Å². The summed E-state index contributed by atoms with van der Waals surface area (Å²) in [4.78, 5) is 0. The van der Waals surface area contributed by atoms with Crippen LogP contribution in [0.25, 0.3) is 11.1 Å². The highest BCUT2D eigenvalue weighted by atomic mass is 35.5. The van der Waals surface area contributed by atoms with Crippen LogP contribution in [0.15, 0.2) is 72.8 Å². The van der Waals surface area contributed by atoms with Gasteiger partial charge in [-0.05, 0) is 46.0 Å². The largest absolute Gasteiger partial charge is 0.386 e. The molecular weight excluding hydrogens is 346 g/mol. The van der Waals surface area contributed by atoms with E-state index in [9.17, 15) is 5.11 Å². The Labute approximate surface area is 159 Å². The lowest BCUT2D eigenvalue weighted by atomic mass is 9.94. The lowest BCUT2D eigenvalue weighted by molar-refractivity contribution is 0.147. The molecule has 0 bridgehead atoms. The lowest BCUT2D eigenvalue weighted by Crippen LogP contribution is -2.19. The quantitative estimate of drug-likeness (QED) is 0.652. The first-order valence-corrected chi connectivity index (χ1v) is 8.83. The van der Waals surface area contributed by atoms with E-state index in [-0.39, 0.29) is 0 Å². The SMILES string of the molecule is COCc1cccc(-c2ccc([C@@H](O)[C@@H](N)c3ccc(Cl)cc3)cc2)c1. The molecule has 134 valence electrons. The van der Waals surface area contributed by atoms with E-state index in [0.29, 0.717) is 11.6 Å². The van der Waals surface area contributed by atoms with Crippen LogP contribution in [0.4, 0.5) is 0 Å². The Morgan fingerprint density at radius 3 is 2.23 bits per heavy atom. The summed E-state index contributed by atoms with van der Waals surface area (Å²) in [5.74, 6) is 0. The van der Waals surface area contributed by atoms with E-state index < -0.39 is 12.1 Å². The first-order chi connectivity index (χ1) is 12.6. The molecule has 0 aliphatic carbocycles. The molecule has 3 nitrogen and oxygen atoms in total. The van der Waals surface area contributed by atoms with Gasteiger partial charge in [-0.2, -0.15) is 0 Å². The van der Waals surface area contributed by atoms with Crippen LogP contribution in [0.5, 0.6) is 0 Å². The van der Waals surface area contributed by atoms with Crippen molar-refractivity contribution < 1.29 is 9.84 Å². The summed E-state index contributed by atoms with van der Waals surface area (Å²) < 4.78 is 5.19. The molecule has 0 aromatic heterocycles. The van der Waals surface area contributed by atoms with Gasteiger partial charge < -0.3 is 15.6 Å². The number of benzene rings is 3. The number of aliphatic hydroxyl groups excluding tert-OH is 1. The lowest BCUT2D eigenvalue weighted by Gasteiger charge is -2.20. The zero-order chi connectivity index (χ0) is 18.5.